The van der Waals surface area contributed by atoms with Crippen molar-refractivity contribution in [3.63, 3.8) is 0 Å². The SMILES string of the molecule is CN=C(NCc1cccc(OCC(N)=O)c1)NCC1CCCS1. The van der Waals surface area contributed by atoms with E-state index >= 15 is 0 Å². The molecular formula is C16H24N4O2S. The number of hydrogen-bond donors (Lipinski definition) is 3. The number of hydrogen-bond acceptors (Lipinski definition) is 4. The smallest absolute Gasteiger partial charge is 0.255 e. The van der Waals surface area contributed by atoms with Crippen molar-refractivity contribution < 1.29 is 9.53 Å². The van der Waals surface area contributed by atoms with Crippen molar-refractivity contribution in [2.24, 2.45) is 10.7 Å². The van der Waals surface area contributed by atoms with Gasteiger partial charge >= 0.3 is 0 Å². The third-order valence-electron chi connectivity index (χ3n) is 3.48. The predicted octanol–water partition coefficient (Wildman–Crippen LogP) is 1.11. The van der Waals surface area contributed by atoms with Gasteiger partial charge in [0.25, 0.3) is 5.91 Å². The average Bonchev–Trinajstić information content (AvgIpc) is 3.07. The average molecular weight is 336 g/mol. The molecule has 0 bridgehead atoms. The molecule has 0 aromatic heterocycles. The van der Waals surface area contributed by atoms with Crippen LogP contribution in [0.5, 0.6) is 5.75 Å². The highest BCUT2D eigenvalue weighted by molar-refractivity contribution is 8.00. The van der Waals surface area contributed by atoms with Crippen molar-refractivity contribution in [1.29, 1.82) is 0 Å². The van der Waals surface area contributed by atoms with Gasteiger partial charge in [0.05, 0.1) is 0 Å². The van der Waals surface area contributed by atoms with Gasteiger partial charge in [-0.05, 0) is 36.3 Å². The number of amides is 1. The van der Waals surface area contributed by atoms with Crippen molar-refractivity contribution in [1.82, 2.24) is 10.6 Å². The number of thioether (sulfide) groups is 1. The fraction of sp³-hybridized carbons (Fsp3) is 0.500. The Hall–Kier alpha value is -1.89. The van der Waals surface area contributed by atoms with Gasteiger partial charge in [-0.15, -0.1) is 0 Å². The van der Waals surface area contributed by atoms with Crippen molar-refractivity contribution in [2.45, 2.75) is 24.6 Å². The summed E-state index contributed by atoms with van der Waals surface area (Å²) in [5.74, 6) is 2.20. The minimum Gasteiger partial charge on any atom is -0.484 e. The Morgan fingerprint density at radius 1 is 1.48 bits per heavy atom. The lowest BCUT2D eigenvalue weighted by atomic mass is 10.2. The van der Waals surface area contributed by atoms with Crippen molar-refractivity contribution in [3.05, 3.63) is 29.8 Å². The molecule has 1 amide bonds. The number of aliphatic imine (C=N–C) groups is 1. The third-order valence-corrected chi connectivity index (χ3v) is 4.88. The molecule has 1 aromatic carbocycles. The first-order valence-electron chi connectivity index (χ1n) is 7.73. The van der Waals surface area contributed by atoms with E-state index in [0.29, 0.717) is 17.5 Å². The van der Waals surface area contributed by atoms with Gasteiger partial charge in [-0.3, -0.25) is 9.79 Å². The predicted molar refractivity (Wildman–Crippen MR) is 94.8 cm³/mol. The van der Waals surface area contributed by atoms with Crippen molar-refractivity contribution in [3.8, 4) is 5.75 Å². The quantitative estimate of drug-likeness (QED) is 0.513. The lowest BCUT2D eigenvalue weighted by molar-refractivity contribution is -0.119. The van der Waals surface area contributed by atoms with E-state index < -0.39 is 5.91 Å². The Bertz CT molecular complexity index is 545. The highest BCUT2D eigenvalue weighted by Gasteiger charge is 2.15. The molecule has 1 saturated heterocycles. The molecule has 1 aliphatic rings. The molecule has 2 rings (SSSR count). The number of rotatable bonds is 7. The number of nitrogens with zero attached hydrogens (tertiary/aromatic N) is 1. The highest BCUT2D eigenvalue weighted by Crippen LogP contribution is 2.25. The monoisotopic (exact) mass is 336 g/mol. The Morgan fingerprint density at radius 3 is 3.04 bits per heavy atom. The molecule has 1 unspecified atom stereocenters. The first kappa shape index (κ1) is 17.5. The van der Waals surface area contributed by atoms with Crippen LogP contribution in [0.15, 0.2) is 29.3 Å². The van der Waals surface area contributed by atoms with Gasteiger partial charge in [0.15, 0.2) is 12.6 Å². The van der Waals surface area contributed by atoms with E-state index in [2.05, 4.69) is 15.6 Å². The number of nitrogens with two attached hydrogens (primary N) is 1. The van der Waals surface area contributed by atoms with E-state index in [9.17, 15) is 4.79 Å². The fourth-order valence-corrected chi connectivity index (χ4v) is 3.52. The van der Waals surface area contributed by atoms with Gasteiger partial charge < -0.3 is 21.1 Å². The summed E-state index contributed by atoms with van der Waals surface area (Å²) in [6, 6.07) is 7.57. The zero-order valence-electron chi connectivity index (χ0n) is 13.4. The van der Waals surface area contributed by atoms with Crippen LogP contribution in [0.25, 0.3) is 0 Å². The molecule has 0 saturated carbocycles. The molecule has 126 valence electrons. The number of carbonyl (C=O) groups is 1. The summed E-state index contributed by atoms with van der Waals surface area (Å²) >= 11 is 2.02. The van der Waals surface area contributed by atoms with E-state index in [1.807, 2.05) is 30.0 Å². The zero-order chi connectivity index (χ0) is 16.5. The van der Waals surface area contributed by atoms with E-state index in [4.69, 9.17) is 10.5 Å². The van der Waals surface area contributed by atoms with Crippen LogP contribution in [-0.2, 0) is 11.3 Å². The Morgan fingerprint density at radius 2 is 2.35 bits per heavy atom. The number of ether oxygens (including phenoxy) is 1. The summed E-state index contributed by atoms with van der Waals surface area (Å²) in [4.78, 5) is 15.0. The second kappa shape index (κ2) is 9.29. The van der Waals surface area contributed by atoms with Crippen LogP contribution in [-0.4, -0.2) is 43.1 Å². The molecule has 1 atom stereocenters. The molecule has 7 heteroatoms. The van der Waals surface area contributed by atoms with Gasteiger partial charge in [-0.25, -0.2) is 0 Å². The molecule has 1 aromatic rings. The van der Waals surface area contributed by atoms with Crippen LogP contribution in [0.4, 0.5) is 0 Å². The largest absolute Gasteiger partial charge is 0.484 e. The molecule has 1 fully saturated rings. The summed E-state index contributed by atoms with van der Waals surface area (Å²) in [5.41, 5.74) is 6.12. The van der Waals surface area contributed by atoms with Crippen LogP contribution < -0.4 is 21.1 Å². The Kier molecular flexibility index (Phi) is 7.06. The maximum Gasteiger partial charge on any atom is 0.255 e. The number of carbonyl (C=O) groups excluding carboxylic acids is 1. The van der Waals surface area contributed by atoms with Crippen LogP contribution in [0, 0.1) is 0 Å². The summed E-state index contributed by atoms with van der Waals surface area (Å²) in [6.45, 7) is 1.45. The summed E-state index contributed by atoms with van der Waals surface area (Å²) in [7, 11) is 1.77. The summed E-state index contributed by atoms with van der Waals surface area (Å²) < 4.78 is 5.31. The van der Waals surface area contributed by atoms with E-state index in [1.54, 1.807) is 13.1 Å². The molecule has 4 N–H and O–H groups in total. The maximum atomic E-state index is 10.8. The molecule has 0 spiro atoms. The zero-order valence-corrected chi connectivity index (χ0v) is 14.2. The second-order valence-electron chi connectivity index (χ2n) is 5.34. The number of nitrogens with one attached hydrogen (secondary N) is 2. The first-order valence-corrected chi connectivity index (χ1v) is 8.78. The fourth-order valence-electron chi connectivity index (χ4n) is 2.32. The third kappa shape index (κ3) is 6.40. The molecule has 1 heterocycles. The Balaban J connectivity index is 1.78. The number of primary amides is 1. The maximum absolute atomic E-state index is 10.8. The first-order chi connectivity index (χ1) is 11.2. The van der Waals surface area contributed by atoms with Gasteiger partial charge in [0, 0.05) is 25.4 Å². The topological polar surface area (TPSA) is 88.7 Å². The lowest BCUT2D eigenvalue weighted by Gasteiger charge is -2.15. The summed E-state index contributed by atoms with van der Waals surface area (Å²) in [5, 5.41) is 7.33. The molecule has 0 radical (unpaired) electrons. The number of benzene rings is 1. The number of guanidine groups is 1. The van der Waals surface area contributed by atoms with Crippen LogP contribution >= 0.6 is 11.8 Å². The molecule has 0 aliphatic carbocycles. The standard InChI is InChI=1S/C16H24N4O2S/c1-18-16(20-10-14-6-3-7-23-14)19-9-12-4-2-5-13(8-12)22-11-15(17)21/h2,4-5,8,14H,3,6-7,9-11H2,1H3,(H2,17,21)(H2,18,19,20). The highest BCUT2D eigenvalue weighted by atomic mass is 32.2. The molecule has 1 aliphatic heterocycles. The van der Waals surface area contributed by atoms with Crippen molar-refractivity contribution >= 4 is 23.6 Å². The van der Waals surface area contributed by atoms with Crippen LogP contribution in [0.1, 0.15) is 18.4 Å². The normalized spacial score (nSPS) is 17.8. The lowest BCUT2D eigenvalue weighted by Crippen LogP contribution is -2.39. The van der Waals surface area contributed by atoms with Gasteiger partial charge in [0.1, 0.15) is 5.75 Å². The minimum absolute atomic E-state index is 0.112. The van der Waals surface area contributed by atoms with Gasteiger partial charge in [-0.1, -0.05) is 12.1 Å². The van der Waals surface area contributed by atoms with E-state index in [-0.39, 0.29) is 6.61 Å². The van der Waals surface area contributed by atoms with Crippen LogP contribution in [0.2, 0.25) is 0 Å². The summed E-state index contributed by atoms with van der Waals surface area (Å²) in [6.07, 6.45) is 2.58. The van der Waals surface area contributed by atoms with Crippen molar-refractivity contribution in [2.75, 3.05) is 26.0 Å². The Labute approximate surface area is 141 Å². The second-order valence-corrected chi connectivity index (χ2v) is 6.75. The minimum atomic E-state index is -0.483. The van der Waals surface area contributed by atoms with Gasteiger partial charge in [0.2, 0.25) is 0 Å². The van der Waals surface area contributed by atoms with Crippen LogP contribution in [0.3, 0.4) is 0 Å². The van der Waals surface area contributed by atoms with Gasteiger partial charge in [-0.2, -0.15) is 11.8 Å². The molecule has 6 nitrogen and oxygen atoms in total. The molecule has 23 heavy (non-hydrogen) atoms. The molecular weight excluding hydrogens is 312 g/mol. The van der Waals surface area contributed by atoms with E-state index in [0.717, 1.165) is 18.1 Å². The van der Waals surface area contributed by atoms with E-state index in [1.165, 1.54) is 18.6 Å².